The Morgan fingerprint density at radius 1 is 1.38 bits per heavy atom. The summed E-state index contributed by atoms with van der Waals surface area (Å²) in [5, 5.41) is 6.77. The molecule has 21 heavy (non-hydrogen) atoms. The van der Waals surface area contributed by atoms with Crippen molar-refractivity contribution in [1.82, 2.24) is 4.98 Å². The van der Waals surface area contributed by atoms with E-state index < -0.39 is 0 Å². The molecule has 0 spiro atoms. The number of benzene rings is 1. The highest BCUT2D eigenvalue weighted by Gasteiger charge is 2.15. The maximum absolute atomic E-state index is 14.1. The molecule has 0 unspecified atom stereocenters. The van der Waals surface area contributed by atoms with Crippen LogP contribution < -0.4 is 10.3 Å². The highest BCUT2D eigenvalue weighted by atomic mass is 32.1. The van der Waals surface area contributed by atoms with Gasteiger partial charge in [-0.05, 0) is 37.5 Å². The molecular weight excluding hydrogens is 287 g/mol. The minimum Gasteiger partial charge on any atom is -0.369 e. The normalized spacial score (nSPS) is 15.0. The highest BCUT2D eigenvalue weighted by molar-refractivity contribution is 7.13. The molecule has 1 aliphatic heterocycles. The third kappa shape index (κ3) is 3.39. The molecule has 1 saturated heterocycles. The van der Waals surface area contributed by atoms with Crippen LogP contribution in [0.4, 0.5) is 15.2 Å². The van der Waals surface area contributed by atoms with Crippen molar-refractivity contribution in [3.05, 3.63) is 40.7 Å². The summed E-state index contributed by atoms with van der Waals surface area (Å²) in [6.45, 7) is 3.81. The molecule has 0 radical (unpaired) electrons. The van der Waals surface area contributed by atoms with Gasteiger partial charge < -0.3 is 4.90 Å². The van der Waals surface area contributed by atoms with Crippen molar-refractivity contribution < 1.29 is 4.39 Å². The molecule has 0 saturated carbocycles. The number of hydrazone groups is 1. The fourth-order valence-corrected chi connectivity index (χ4v) is 3.02. The van der Waals surface area contributed by atoms with E-state index >= 15 is 0 Å². The number of aromatic nitrogens is 1. The lowest BCUT2D eigenvalue weighted by Gasteiger charge is -2.18. The van der Waals surface area contributed by atoms with Crippen LogP contribution in [0.2, 0.25) is 0 Å². The van der Waals surface area contributed by atoms with Crippen LogP contribution in [0.15, 0.2) is 28.7 Å². The van der Waals surface area contributed by atoms with Crippen molar-refractivity contribution in [2.75, 3.05) is 23.4 Å². The number of aryl methyl sites for hydroxylation is 1. The molecule has 0 atom stereocenters. The lowest BCUT2D eigenvalue weighted by molar-refractivity contribution is 0.623. The van der Waals surface area contributed by atoms with Gasteiger partial charge in [-0.3, -0.25) is 5.43 Å². The van der Waals surface area contributed by atoms with Crippen LogP contribution in [-0.4, -0.2) is 24.3 Å². The molecule has 3 rings (SSSR count). The van der Waals surface area contributed by atoms with Crippen LogP contribution in [0.25, 0.3) is 0 Å². The van der Waals surface area contributed by atoms with E-state index in [4.69, 9.17) is 0 Å². The molecule has 0 amide bonds. The van der Waals surface area contributed by atoms with Gasteiger partial charge in [-0.1, -0.05) is 6.07 Å². The Hall–Kier alpha value is -1.95. The molecule has 0 aliphatic carbocycles. The molecule has 1 fully saturated rings. The quantitative estimate of drug-likeness (QED) is 0.692. The van der Waals surface area contributed by atoms with Gasteiger partial charge in [0, 0.05) is 18.5 Å². The van der Waals surface area contributed by atoms with Crippen molar-refractivity contribution in [1.29, 1.82) is 0 Å². The summed E-state index contributed by atoms with van der Waals surface area (Å²) in [7, 11) is 0. The van der Waals surface area contributed by atoms with Gasteiger partial charge in [-0.2, -0.15) is 5.10 Å². The van der Waals surface area contributed by atoms with Gasteiger partial charge in [0.15, 0.2) is 0 Å². The van der Waals surface area contributed by atoms with Gasteiger partial charge in [0.25, 0.3) is 0 Å². The van der Waals surface area contributed by atoms with Crippen LogP contribution in [0.5, 0.6) is 0 Å². The van der Waals surface area contributed by atoms with Crippen molar-refractivity contribution in [2.45, 2.75) is 19.8 Å². The zero-order valence-corrected chi connectivity index (χ0v) is 12.7. The Labute approximate surface area is 127 Å². The third-order valence-corrected chi connectivity index (χ3v) is 4.28. The number of hydrogen-bond donors (Lipinski definition) is 1. The molecule has 2 aromatic rings. The zero-order valence-electron chi connectivity index (χ0n) is 11.8. The van der Waals surface area contributed by atoms with Crippen LogP contribution >= 0.6 is 11.3 Å². The summed E-state index contributed by atoms with van der Waals surface area (Å²) >= 11 is 1.49. The van der Waals surface area contributed by atoms with Crippen LogP contribution in [0, 0.1) is 12.7 Å². The maximum Gasteiger partial charge on any atom is 0.203 e. The molecule has 2 heterocycles. The average Bonchev–Trinajstić information content (AvgIpc) is 3.11. The summed E-state index contributed by atoms with van der Waals surface area (Å²) in [6, 6.07) is 5.23. The smallest absolute Gasteiger partial charge is 0.203 e. The van der Waals surface area contributed by atoms with E-state index in [9.17, 15) is 4.39 Å². The number of thiazole rings is 1. The lowest BCUT2D eigenvalue weighted by atomic mass is 10.2. The predicted octanol–water partition coefficient (Wildman–Crippen LogP) is 3.64. The SMILES string of the molecule is Cc1csc(NN=Cc2ccc(N3CCCC3)c(F)c2)n1. The standard InChI is InChI=1S/C15H17FN4S/c1-11-10-21-15(18-11)19-17-9-12-4-5-14(13(16)8-12)20-6-2-3-7-20/h4-5,8-10H,2-3,6-7H2,1H3,(H,18,19). The van der Waals surface area contributed by atoms with Crippen molar-refractivity contribution in [2.24, 2.45) is 5.10 Å². The largest absolute Gasteiger partial charge is 0.369 e. The zero-order chi connectivity index (χ0) is 14.7. The van der Waals surface area contributed by atoms with Gasteiger partial charge in [0.1, 0.15) is 5.82 Å². The van der Waals surface area contributed by atoms with E-state index in [-0.39, 0.29) is 5.82 Å². The molecular formula is C15H17FN4S. The Morgan fingerprint density at radius 2 is 2.19 bits per heavy atom. The number of rotatable bonds is 4. The molecule has 110 valence electrons. The summed E-state index contributed by atoms with van der Waals surface area (Å²) < 4.78 is 14.1. The minimum atomic E-state index is -0.189. The monoisotopic (exact) mass is 304 g/mol. The van der Waals surface area contributed by atoms with Crippen LogP contribution in [-0.2, 0) is 0 Å². The van der Waals surface area contributed by atoms with Crippen LogP contribution in [0.1, 0.15) is 24.1 Å². The fourth-order valence-electron chi connectivity index (χ4n) is 2.39. The fraction of sp³-hybridized carbons (Fsp3) is 0.333. The van der Waals surface area contributed by atoms with E-state index in [2.05, 4.69) is 20.4 Å². The number of nitrogens with zero attached hydrogens (tertiary/aromatic N) is 3. The Kier molecular flexibility index (Phi) is 4.15. The second-order valence-electron chi connectivity index (χ2n) is 5.07. The number of hydrogen-bond acceptors (Lipinski definition) is 5. The molecule has 1 aromatic heterocycles. The van der Waals surface area contributed by atoms with E-state index in [1.54, 1.807) is 6.21 Å². The Morgan fingerprint density at radius 3 is 2.86 bits per heavy atom. The molecule has 0 bridgehead atoms. The summed E-state index contributed by atoms with van der Waals surface area (Å²) in [5.41, 5.74) is 5.22. The molecule has 1 N–H and O–H groups in total. The van der Waals surface area contributed by atoms with E-state index in [1.807, 2.05) is 24.4 Å². The predicted molar refractivity (Wildman–Crippen MR) is 85.9 cm³/mol. The highest BCUT2D eigenvalue weighted by Crippen LogP contribution is 2.24. The first kappa shape index (κ1) is 14.0. The maximum atomic E-state index is 14.1. The summed E-state index contributed by atoms with van der Waals surface area (Å²) in [5.74, 6) is -0.189. The summed E-state index contributed by atoms with van der Waals surface area (Å²) in [4.78, 5) is 6.33. The second-order valence-corrected chi connectivity index (χ2v) is 5.93. The molecule has 1 aromatic carbocycles. The second kappa shape index (κ2) is 6.22. The first-order chi connectivity index (χ1) is 10.2. The first-order valence-electron chi connectivity index (χ1n) is 6.98. The van der Waals surface area contributed by atoms with E-state index in [0.29, 0.717) is 5.69 Å². The van der Waals surface area contributed by atoms with E-state index in [0.717, 1.165) is 42.3 Å². The average molecular weight is 304 g/mol. The first-order valence-corrected chi connectivity index (χ1v) is 7.86. The van der Waals surface area contributed by atoms with Crippen molar-refractivity contribution in [3.63, 3.8) is 0 Å². The number of nitrogens with one attached hydrogen (secondary N) is 1. The topological polar surface area (TPSA) is 40.5 Å². The lowest BCUT2D eigenvalue weighted by Crippen LogP contribution is -2.18. The minimum absolute atomic E-state index is 0.189. The molecule has 1 aliphatic rings. The Balaban J connectivity index is 1.67. The van der Waals surface area contributed by atoms with Gasteiger partial charge in [0.2, 0.25) is 5.13 Å². The van der Waals surface area contributed by atoms with Gasteiger partial charge in [-0.15, -0.1) is 11.3 Å². The third-order valence-electron chi connectivity index (χ3n) is 3.41. The van der Waals surface area contributed by atoms with E-state index in [1.165, 1.54) is 17.4 Å². The number of halogens is 1. The van der Waals surface area contributed by atoms with Gasteiger partial charge in [-0.25, -0.2) is 9.37 Å². The van der Waals surface area contributed by atoms with Gasteiger partial charge >= 0.3 is 0 Å². The Bertz CT molecular complexity index is 647. The summed E-state index contributed by atoms with van der Waals surface area (Å²) in [6.07, 6.45) is 3.88. The molecule has 4 nitrogen and oxygen atoms in total. The van der Waals surface area contributed by atoms with Crippen molar-refractivity contribution in [3.8, 4) is 0 Å². The van der Waals surface area contributed by atoms with Gasteiger partial charge in [0.05, 0.1) is 17.6 Å². The van der Waals surface area contributed by atoms with Crippen molar-refractivity contribution >= 4 is 28.4 Å². The number of anilines is 2. The molecule has 6 heteroatoms. The van der Waals surface area contributed by atoms with Crippen LogP contribution in [0.3, 0.4) is 0 Å².